The lowest BCUT2D eigenvalue weighted by molar-refractivity contribution is 0.250. The Labute approximate surface area is 70.4 Å². The molecule has 4 heteroatoms. The van der Waals surface area contributed by atoms with E-state index in [0.29, 0.717) is 0 Å². The fourth-order valence-corrected chi connectivity index (χ4v) is 1.21. The van der Waals surface area contributed by atoms with E-state index in [2.05, 4.69) is 4.98 Å². The van der Waals surface area contributed by atoms with Crippen LogP contribution in [0.1, 0.15) is 18.5 Å². The molecule has 0 radical (unpaired) electrons. The van der Waals surface area contributed by atoms with Crippen LogP contribution in [0.4, 0.5) is 4.79 Å². The Morgan fingerprint density at radius 1 is 1.75 bits per heavy atom. The summed E-state index contributed by atoms with van der Waals surface area (Å²) in [5.74, 6) is 0.793. The molecule has 0 atom stereocenters. The van der Waals surface area contributed by atoms with Crippen molar-refractivity contribution in [2.75, 3.05) is 0 Å². The summed E-state index contributed by atoms with van der Waals surface area (Å²) < 4.78 is 1.32. The van der Waals surface area contributed by atoms with E-state index in [-0.39, 0.29) is 0 Å². The molecule has 1 fully saturated rings. The largest absolute Gasteiger partial charge is 0.351 e. The first-order chi connectivity index (χ1) is 5.75. The maximum absolute atomic E-state index is 10.7. The number of imidazole rings is 1. The van der Waals surface area contributed by atoms with E-state index >= 15 is 0 Å². The van der Waals surface area contributed by atoms with E-state index in [9.17, 15) is 4.79 Å². The molecule has 0 spiro atoms. The van der Waals surface area contributed by atoms with Gasteiger partial charge in [-0.1, -0.05) is 0 Å². The molecule has 1 amide bonds. The molecule has 0 aliphatic heterocycles. The predicted octanol–water partition coefficient (Wildman–Crippen LogP) is 0.762. The summed E-state index contributed by atoms with van der Waals surface area (Å²) in [7, 11) is 0. The Morgan fingerprint density at radius 2 is 2.50 bits per heavy atom. The van der Waals surface area contributed by atoms with Crippen LogP contribution in [0, 0.1) is 5.92 Å². The zero-order chi connectivity index (χ0) is 8.55. The van der Waals surface area contributed by atoms with E-state index < -0.39 is 6.03 Å². The molecule has 1 aliphatic rings. The van der Waals surface area contributed by atoms with Crippen molar-refractivity contribution < 1.29 is 4.79 Å². The van der Waals surface area contributed by atoms with E-state index in [4.69, 9.17) is 5.73 Å². The summed E-state index contributed by atoms with van der Waals surface area (Å²) in [6.07, 6.45) is 6.76. The van der Waals surface area contributed by atoms with Gasteiger partial charge in [0.2, 0.25) is 0 Å². The number of rotatable bonds is 2. The highest BCUT2D eigenvalue weighted by Crippen LogP contribution is 2.31. The van der Waals surface area contributed by atoms with Gasteiger partial charge in [-0.3, -0.25) is 4.57 Å². The third kappa shape index (κ3) is 1.47. The Hall–Kier alpha value is -1.32. The lowest BCUT2D eigenvalue weighted by atomic mass is 10.2. The minimum atomic E-state index is -0.468. The van der Waals surface area contributed by atoms with Crippen molar-refractivity contribution in [2.24, 2.45) is 11.7 Å². The van der Waals surface area contributed by atoms with E-state index in [1.165, 1.54) is 23.7 Å². The first kappa shape index (κ1) is 7.34. The fraction of sp³-hybridized carbons (Fsp3) is 0.500. The standard InChI is InChI=1S/C8H11N3O/c9-8(12)11-4-7(10-5-11)3-6-1-2-6/h4-6H,1-3H2,(H2,9,12). The van der Waals surface area contributed by atoms with Crippen LogP contribution < -0.4 is 5.73 Å². The molecule has 0 bridgehead atoms. The number of hydrogen-bond donors (Lipinski definition) is 1. The van der Waals surface area contributed by atoms with Gasteiger partial charge in [-0.15, -0.1) is 0 Å². The number of carbonyl (C=O) groups excluding carboxylic acids is 1. The highest BCUT2D eigenvalue weighted by Gasteiger charge is 2.22. The lowest BCUT2D eigenvalue weighted by Gasteiger charge is -1.91. The molecule has 2 N–H and O–H groups in total. The monoisotopic (exact) mass is 165 g/mol. The molecule has 0 unspecified atom stereocenters. The Morgan fingerprint density at radius 3 is 3.00 bits per heavy atom. The molecule has 12 heavy (non-hydrogen) atoms. The maximum atomic E-state index is 10.7. The van der Waals surface area contributed by atoms with Crippen molar-refractivity contribution in [3.8, 4) is 0 Å². The smallest absolute Gasteiger partial charge is 0.324 e. The van der Waals surface area contributed by atoms with Crippen LogP contribution in [0.2, 0.25) is 0 Å². The van der Waals surface area contributed by atoms with Gasteiger partial charge in [0.1, 0.15) is 6.33 Å². The summed E-state index contributed by atoms with van der Waals surface area (Å²) in [5.41, 5.74) is 6.03. The third-order valence-electron chi connectivity index (χ3n) is 2.09. The van der Waals surface area contributed by atoms with E-state index in [0.717, 1.165) is 18.0 Å². The van der Waals surface area contributed by atoms with Gasteiger partial charge in [0, 0.05) is 6.20 Å². The minimum absolute atomic E-state index is 0.468. The second-order valence-electron chi connectivity index (χ2n) is 3.26. The molecule has 0 saturated heterocycles. The van der Waals surface area contributed by atoms with Gasteiger partial charge < -0.3 is 5.73 Å². The molecule has 64 valence electrons. The number of aromatic nitrogens is 2. The number of amides is 1. The van der Waals surface area contributed by atoms with Gasteiger partial charge in [-0.05, 0) is 25.2 Å². The number of carbonyl (C=O) groups is 1. The van der Waals surface area contributed by atoms with Crippen LogP contribution in [0.15, 0.2) is 12.5 Å². The quantitative estimate of drug-likeness (QED) is 0.703. The van der Waals surface area contributed by atoms with Gasteiger partial charge in [0.15, 0.2) is 0 Å². The first-order valence-electron chi connectivity index (χ1n) is 4.08. The Kier molecular flexibility index (Phi) is 1.60. The highest BCUT2D eigenvalue weighted by molar-refractivity contribution is 5.74. The zero-order valence-electron chi connectivity index (χ0n) is 6.73. The summed E-state index contributed by atoms with van der Waals surface area (Å²) in [5, 5.41) is 0. The third-order valence-corrected chi connectivity index (χ3v) is 2.09. The van der Waals surface area contributed by atoms with Gasteiger partial charge in [0.05, 0.1) is 5.69 Å². The van der Waals surface area contributed by atoms with Gasteiger partial charge in [-0.2, -0.15) is 0 Å². The highest BCUT2D eigenvalue weighted by atomic mass is 16.2. The van der Waals surface area contributed by atoms with Crippen LogP contribution in [0.5, 0.6) is 0 Å². The van der Waals surface area contributed by atoms with Crippen molar-refractivity contribution in [2.45, 2.75) is 19.3 Å². The van der Waals surface area contributed by atoms with Crippen molar-refractivity contribution in [1.29, 1.82) is 0 Å². The van der Waals surface area contributed by atoms with Crippen LogP contribution in [-0.4, -0.2) is 15.6 Å². The summed E-state index contributed by atoms with van der Waals surface area (Å²) >= 11 is 0. The molecule has 1 aromatic rings. The molecule has 4 nitrogen and oxygen atoms in total. The molecular weight excluding hydrogens is 154 g/mol. The molecule has 1 heterocycles. The fourth-order valence-electron chi connectivity index (χ4n) is 1.21. The van der Waals surface area contributed by atoms with Gasteiger partial charge in [0.25, 0.3) is 0 Å². The molecule has 1 aromatic heterocycles. The topological polar surface area (TPSA) is 60.9 Å². The normalized spacial score (nSPS) is 16.3. The number of nitrogens with two attached hydrogens (primary N) is 1. The summed E-state index contributed by atoms with van der Waals surface area (Å²) in [6, 6.07) is -0.468. The summed E-state index contributed by atoms with van der Waals surface area (Å²) in [6.45, 7) is 0. The van der Waals surface area contributed by atoms with Crippen LogP contribution in [0.3, 0.4) is 0 Å². The van der Waals surface area contributed by atoms with E-state index in [1.54, 1.807) is 6.20 Å². The van der Waals surface area contributed by atoms with Crippen LogP contribution in [0.25, 0.3) is 0 Å². The zero-order valence-corrected chi connectivity index (χ0v) is 6.73. The first-order valence-corrected chi connectivity index (χ1v) is 4.08. The molecule has 0 aromatic carbocycles. The second-order valence-corrected chi connectivity index (χ2v) is 3.26. The van der Waals surface area contributed by atoms with Crippen molar-refractivity contribution in [3.05, 3.63) is 18.2 Å². The van der Waals surface area contributed by atoms with Gasteiger partial charge >= 0.3 is 6.03 Å². The maximum Gasteiger partial charge on any atom is 0.324 e. The number of hydrogen-bond acceptors (Lipinski definition) is 2. The van der Waals surface area contributed by atoms with Crippen LogP contribution >= 0.6 is 0 Å². The molecular formula is C8H11N3O. The minimum Gasteiger partial charge on any atom is -0.351 e. The number of nitrogens with zero attached hydrogens (tertiary/aromatic N) is 2. The lowest BCUT2D eigenvalue weighted by Crippen LogP contribution is -2.17. The van der Waals surface area contributed by atoms with Crippen molar-refractivity contribution >= 4 is 6.03 Å². The van der Waals surface area contributed by atoms with Crippen molar-refractivity contribution in [3.63, 3.8) is 0 Å². The second kappa shape index (κ2) is 2.62. The summed E-state index contributed by atoms with van der Waals surface area (Å²) in [4.78, 5) is 14.7. The molecule has 2 rings (SSSR count). The Balaban J connectivity index is 2.06. The SMILES string of the molecule is NC(=O)n1cnc(CC2CC2)c1. The average molecular weight is 165 g/mol. The van der Waals surface area contributed by atoms with Crippen LogP contribution in [-0.2, 0) is 6.42 Å². The average Bonchev–Trinajstić information content (AvgIpc) is 2.66. The van der Waals surface area contributed by atoms with Gasteiger partial charge in [-0.25, -0.2) is 9.78 Å². The van der Waals surface area contributed by atoms with E-state index in [1.807, 2.05) is 0 Å². The predicted molar refractivity (Wildman–Crippen MR) is 43.6 cm³/mol. The number of primary amides is 1. The molecule has 1 saturated carbocycles. The molecule has 1 aliphatic carbocycles. The Bertz CT molecular complexity index is 301. The van der Waals surface area contributed by atoms with Crippen molar-refractivity contribution in [1.82, 2.24) is 9.55 Å².